The van der Waals surface area contributed by atoms with Crippen LogP contribution in [-0.2, 0) is 83.0 Å². The molecule has 15 amide bonds. The summed E-state index contributed by atoms with van der Waals surface area (Å²) in [6.07, 6.45) is 10.7. The molecule has 6 fully saturated rings. The van der Waals surface area contributed by atoms with E-state index in [2.05, 4.69) is 68.3 Å². The van der Waals surface area contributed by atoms with Crippen molar-refractivity contribution in [3.8, 4) is 0 Å². The Balaban J connectivity index is 0.000000294. The molecule has 686 valence electrons. The molecule has 3 heterocycles. The molecule has 0 aromatic heterocycles. The fourth-order valence-corrected chi connectivity index (χ4v) is 16.4. The number of para-hydroxylation sites is 1. The number of imide groups is 1. The zero-order valence-corrected chi connectivity index (χ0v) is 76.7. The SMILES string of the molecule is C=CCNC(=O)C(=O)C(CC1CC1)NC(=O)[C@@H]1[C@@H]2[C@H](CN1C(=O)[C@@H](NC(=O)N[C@H](CN1C(=O)CC(C)(C)CC1=O)C(C)(C)C)C(C)(C)C)C2(C)C.CC(C)(C)OC(=O)N[C@H](C(=O)N1c2ccccc2C[C@H]1C(=O)NC(CC1CC1)C(=O)C(N)=O)C1CCCCC1.CCCC(NC(=O)[C@H](CC(C)C)NC(=O)C(NC(=O)OC(C)(C)C)C(C)(C)C)C(=O)C(N)=O. The number of hydrogen-bond acceptors (Lipinski definition) is 19. The lowest BCUT2D eigenvalue weighted by atomic mass is 9.80. The number of nitrogens with two attached hydrogens (primary N) is 2. The number of anilines is 1. The number of amides is 15. The highest BCUT2D eigenvalue weighted by Gasteiger charge is 2.70. The van der Waals surface area contributed by atoms with Crippen molar-refractivity contribution in [3.05, 3.63) is 42.5 Å². The number of Topliss-reactive ketones (excluding diaryl/α,β-unsaturated/α-hetero) is 3. The molecule has 123 heavy (non-hydrogen) atoms. The number of benzene rings is 1. The Bertz CT molecular complexity index is 4070. The topological polar surface area (TPSA) is 479 Å². The van der Waals surface area contributed by atoms with Crippen LogP contribution in [0.5, 0.6) is 0 Å². The van der Waals surface area contributed by atoms with Gasteiger partial charge in [0.1, 0.15) is 47.5 Å². The van der Waals surface area contributed by atoms with Gasteiger partial charge in [-0.25, -0.2) is 14.4 Å². The number of carbonyl (C=O) groups is 17. The van der Waals surface area contributed by atoms with Gasteiger partial charge in [-0.2, -0.15) is 0 Å². The summed E-state index contributed by atoms with van der Waals surface area (Å²) in [5, 5.41) is 24.5. The summed E-state index contributed by atoms with van der Waals surface area (Å²) in [6, 6.07) is -2.82. The maximum atomic E-state index is 14.5. The molecular formula is C90H142N14O19. The van der Waals surface area contributed by atoms with E-state index in [4.69, 9.17) is 20.9 Å². The maximum absolute atomic E-state index is 14.5. The van der Waals surface area contributed by atoms with Crippen LogP contribution in [0.15, 0.2) is 36.9 Å². The fourth-order valence-electron chi connectivity index (χ4n) is 16.4. The monoisotopic (exact) mass is 1720 g/mol. The van der Waals surface area contributed by atoms with Crippen molar-refractivity contribution in [2.75, 3.05) is 24.5 Å². The third kappa shape index (κ3) is 29.7. The molecule has 2 saturated heterocycles. The zero-order valence-electron chi connectivity index (χ0n) is 76.7. The first kappa shape index (κ1) is 102. The Hall–Kier alpha value is -9.85. The standard InChI is InChI=1S/C38H60N6O7.C29H40N4O6.C23H42N4O6/c1-12-15-39-32(49)29(47)23(16-21-13-14-21)40-31(48)28-27-22(38(27,10)11)19-44(28)33(50)30(36(5,6)7)42-34(51)41-24(35(2,3)4)20-43-25(45)17-37(8,9)18-26(43)46;1-29(2,3)39-28(38)32-23(18-9-5-4-6-10-18)27(37)33-21-12-8-7-11-19(21)16-22(33)26(36)31-20(15-17-13-14-17)24(34)25(30)35;1-10-11-14(16(28)18(24)29)25-19(30)15(12-13(2)3)26-20(31)17(22(4,5)6)27-21(32)33-23(7,8)9/h12,21-24,27-28,30H,1,13-20H2,2-11H3,(H,39,49)(H,40,48)(H2,41,42,51);7-8,11-12,17-18,20,22-23H,4-6,9-10,13-16H2,1-3H3,(H2,30,35)(H,31,36)(H,32,38);13-15,17H,10-12H2,1-9H3,(H2,24,29)(H,25,30)(H,26,31)(H,27,32)/t22-,23?,24+,27-,28-,30+;20?,22-,23-;14?,15-,17?/m000/s1. The van der Waals surface area contributed by atoms with Crippen molar-refractivity contribution < 1.29 is 91.0 Å². The number of primary amides is 2. The molecule has 33 nitrogen and oxygen atoms in total. The second kappa shape index (κ2) is 41.8. The zero-order chi connectivity index (χ0) is 92.9. The van der Waals surface area contributed by atoms with Crippen molar-refractivity contribution in [1.29, 1.82) is 0 Å². The summed E-state index contributed by atoms with van der Waals surface area (Å²) in [4.78, 5) is 225. The molecule has 3 aliphatic heterocycles. The van der Waals surface area contributed by atoms with Crippen LogP contribution in [0.4, 0.5) is 20.1 Å². The minimum atomic E-state index is -1.13. The van der Waals surface area contributed by atoms with E-state index in [9.17, 15) is 81.5 Å². The number of piperidine rings is 2. The lowest BCUT2D eigenvalue weighted by Gasteiger charge is -2.40. The van der Waals surface area contributed by atoms with Crippen molar-refractivity contribution in [3.63, 3.8) is 0 Å². The van der Waals surface area contributed by atoms with Gasteiger partial charge in [-0.15, -0.1) is 6.58 Å². The average molecular weight is 1720 g/mol. The molecule has 12 atom stereocenters. The molecule has 7 aliphatic rings. The van der Waals surface area contributed by atoms with Crippen LogP contribution >= 0.6 is 0 Å². The van der Waals surface area contributed by atoms with Gasteiger partial charge in [0, 0.05) is 44.6 Å². The normalized spacial score (nSPS) is 21.1. The fraction of sp³-hybridized carbons (Fsp3) is 0.722. The lowest BCUT2D eigenvalue weighted by molar-refractivity contribution is -0.153. The Morgan fingerprint density at radius 3 is 1.57 bits per heavy atom. The third-order valence-corrected chi connectivity index (χ3v) is 23.6. The van der Waals surface area contributed by atoms with Gasteiger partial charge in [0.2, 0.25) is 58.7 Å². The molecule has 4 aliphatic carbocycles. The predicted molar refractivity (Wildman–Crippen MR) is 461 cm³/mol. The van der Waals surface area contributed by atoms with Gasteiger partial charge >= 0.3 is 18.2 Å². The quantitative estimate of drug-likeness (QED) is 0.0184. The van der Waals surface area contributed by atoms with Crippen molar-refractivity contribution in [2.45, 2.75) is 333 Å². The van der Waals surface area contributed by atoms with Crippen LogP contribution in [0.3, 0.4) is 0 Å². The highest BCUT2D eigenvalue weighted by atomic mass is 16.6. The summed E-state index contributed by atoms with van der Waals surface area (Å²) in [7, 11) is 0. The summed E-state index contributed by atoms with van der Waals surface area (Å²) in [5.41, 5.74) is 7.63. The highest BCUT2D eigenvalue weighted by molar-refractivity contribution is 6.39. The highest BCUT2D eigenvalue weighted by Crippen LogP contribution is 2.65. The number of hydrogen-bond donors (Lipinski definition) is 11. The number of urea groups is 1. The molecule has 1 aromatic rings. The summed E-state index contributed by atoms with van der Waals surface area (Å²) in [6.45, 7) is 44.3. The molecule has 0 spiro atoms. The van der Waals surface area contributed by atoms with E-state index in [1.54, 1.807) is 81.4 Å². The first-order valence-electron chi connectivity index (χ1n) is 43.6. The first-order chi connectivity index (χ1) is 56.7. The van der Waals surface area contributed by atoms with Crippen LogP contribution in [0.1, 0.15) is 261 Å². The second-order valence-corrected chi connectivity index (χ2v) is 41.5. The Morgan fingerprint density at radius 2 is 1.08 bits per heavy atom. The number of rotatable bonds is 33. The van der Waals surface area contributed by atoms with Gasteiger partial charge in [-0.3, -0.25) is 76.9 Å². The molecule has 0 radical (unpaired) electrons. The lowest BCUT2D eigenvalue weighted by Crippen LogP contribution is -2.63. The van der Waals surface area contributed by atoms with Gasteiger partial charge in [-0.05, 0) is 154 Å². The van der Waals surface area contributed by atoms with Crippen LogP contribution in [0.2, 0.25) is 0 Å². The number of likely N-dealkylation sites (tertiary alicyclic amines) is 2. The van der Waals surface area contributed by atoms with Gasteiger partial charge in [0.25, 0.3) is 23.6 Å². The minimum absolute atomic E-state index is 0.00202. The van der Waals surface area contributed by atoms with E-state index in [1.165, 1.54) is 20.8 Å². The van der Waals surface area contributed by atoms with Gasteiger partial charge < -0.3 is 73.7 Å². The van der Waals surface area contributed by atoms with E-state index in [-0.39, 0.29) is 97.9 Å². The number of ketones is 3. The largest absolute Gasteiger partial charge is 0.444 e. The number of ether oxygens (including phenoxy) is 2. The van der Waals surface area contributed by atoms with E-state index >= 15 is 0 Å². The summed E-state index contributed by atoms with van der Waals surface area (Å²) in [5.74, 6) is -8.72. The number of nitrogens with one attached hydrogen (secondary N) is 9. The van der Waals surface area contributed by atoms with Crippen LogP contribution in [0.25, 0.3) is 0 Å². The number of nitrogens with zero attached hydrogens (tertiary/aromatic N) is 3. The van der Waals surface area contributed by atoms with Crippen LogP contribution < -0.4 is 64.2 Å². The average Bonchev–Trinajstić information content (AvgIpc) is 1.52. The Morgan fingerprint density at radius 1 is 0.577 bits per heavy atom. The minimum Gasteiger partial charge on any atom is -0.444 e. The maximum Gasteiger partial charge on any atom is 0.408 e. The molecule has 8 rings (SSSR count). The third-order valence-electron chi connectivity index (χ3n) is 23.6. The molecule has 33 heteroatoms. The number of carbonyl (C=O) groups excluding carboxylic acids is 17. The van der Waals surface area contributed by atoms with E-state index in [1.807, 2.05) is 81.4 Å². The van der Waals surface area contributed by atoms with Gasteiger partial charge in [0.15, 0.2) is 0 Å². The Labute approximate surface area is 725 Å². The molecule has 4 unspecified atom stereocenters. The summed E-state index contributed by atoms with van der Waals surface area (Å²) >= 11 is 0. The number of fused-ring (bicyclic) bond motifs is 2. The van der Waals surface area contributed by atoms with Crippen molar-refractivity contribution in [1.82, 2.24) is 57.7 Å². The van der Waals surface area contributed by atoms with Gasteiger partial charge in [0.05, 0.1) is 24.2 Å². The van der Waals surface area contributed by atoms with Crippen molar-refractivity contribution in [2.24, 2.45) is 74.0 Å². The molecule has 4 saturated carbocycles. The van der Waals surface area contributed by atoms with Crippen molar-refractivity contribution >= 4 is 106 Å². The molecule has 1 aromatic carbocycles. The first-order valence-corrected chi connectivity index (χ1v) is 43.6. The Kier molecular flexibility index (Phi) is 34.6. The molecule has 0 bridgehead atoms. The molecule has 13 N–H and O–H groups in total. The van der Waals surface area contributed by atoms with E-state index < -0.39 is 182 Å². The van der Waals surface area contributed by atoms with E-state index in [0.717, 1.165) is 63.4 Å². The van der Waals surface area contributed by atoms with Gasteiger partial charge in [-0.1, -0.05) is 186 Å². The van der Waals surface area contributed by atoms with Crippen LogP contribution in [0, 0.1) is 62.6 Å². The smallest absolute Gasteiger partial charge is 0.408 e. The second-order valence-electron chi connectivity index (χ2n) is 41.5. The predicted octanol–water partition coefficient (Wildman–Crippen LogP) is 7.48. The number of alkyl carbamates (subject to hydrolysis) is 2. The van der Waals surface area contributed by atoms with E-state index in [0.29, 0.717) is 31.5 Å². The summed E-state index contributed by atoms with van der Waals surface area (Å²) < 4.78 is 10.7. The van der Waals surface area contributed by atoms with Crippen LogP contribution in [-0.4, -0.2) is 202 Å². The molecular weight excluding hydrogens is 1580 g/mol.